The Balaban J connectivity index is 1.09. The molecule has 2 saturated heterocycles. The van der Waals surface area contributed by atoms with Crippen LogP contribution >= 0.6 is 0 Å². The minimum atomic E-state index is 0.621. The molecule has 0 N–H and O–H groups in total. The van der Waals surface area contributed by atoms with Crippen molar-refractivity contribution in [1.29, 1.82) is 0 Å². The first kappa shape index (κ1) is 37.5. The van der Waals surface area contributed by atoms with Crippen molar-refractivity contribution in [2.75, 3.05) is 66.6 Å². The molecule has 276 valence electrons. The van der Waals surface area contributed by atoms with E-state index in [0.717, 1.165) is 49.4 Å². The fourth-order valence-corrected chi connectivity index (χ4v) is 10.5. The molecule has 2 aliphatic carbocycles. The van der Waals surface area contributed by atoms with Gasteiger partial charge in [-0.2, -0.15) is 0 Å². The molecule has 0 spiro atoms. The zero-order chi connectivity index (χ0) is 34.8. The van der Waals surface area contributed by atoms with Gasteiger partial charge in [-0.3, -0.25) is 0 Å². The summed E-state index contributed by atoms with van der Waals surface area (Å²) in [4.78, 5) is 0. The molecule has 0 radical (unpaired) electrons. The Kier molecular flexibility index (Phi) is 13.5. The summed E-state index contributed by atoms with van der Waals surface area (Å²) in [5.74, 6) is 5.04. The van der Waals surface area contributed by atoms with Crippen molar-refractivity contribution in [2.24, 2.45) is 23.7 Å². The number of hydrogen-bond acceptors (Lipinski definition) is 2. The van der Waals surface area contributed by atoms with Gasteiger partial charge in [-0.25, -0.2) is 0 Å². The summed E-state index contributed by atoms with van der Waals surface area (Å²) < 4.78 is 15.2. The van der Waals surface area contributed by atoms with Crippen molar-refractivity contribution >= 4 is 5.57 Å². The first-order valence-electron chi connectivity index (χ1n) is 21.2. The molecule has 0 aromatic heterocycles. The average Bonchev–Trinajstić information content (AvgIpc) is 3.46. The molecule has 2 aromatic rings. The van der Waals surface area contributed by atoms with Crippen LogP contribution in [-0.4, -0.2) is 75.5 Å². The number of ether oxygens (including phenoxy) is 2. The molecule has 4 nitrogen and oxygen atoms in total. The first-order valence-corrected chi connectivity index (χ1v) is 21.2. The minimum absolute atomic E-state index is 0.621. The third kappa shape index (κ3) is 10.4. The van der Waals surface area contributed by atoms with Crippen molar-refractivity contribution in [3.8, 4) is 11.5 Å². The molecule has 4 unspecified atom stereocenters. The Hall–Kier alpha value is -2.30. The molecule has 50 heavy (non-hydrogen) atoms. The molecule has 4 aliphatic rings. The van der Waals surface area contributed by atoms with Crippen LogP contribution in [0.5, 0.6) is 11.5 Å². The molecular weight excluding hydrogens is 613 g/mol. The lowest BCUT2D eigenvalue weighted by atomic mass is 9.61. The number of allylic oxidation sites excluding steroid dienone is 1. The molecule has 2 saturated carbocycles. The van der Waals surface area contributed by atoms with E-state index in [-0.39, 0.29) is 0 Å². The van der Waals surface area contributed by atoms with E-state index >= 15 is 0 Å². The summed E-state index contributed by atoms with van der Waals surface area (Å²) >= 11 is 0. The van der Waals surface area contributed by atoms with E-state index in [4.69, 9.17) is 9.47 Å². The average molecular weight is 685 g/mol. The molecule has 2 aromatic carbocycles. The lowest BCUT2D eigenvalue weighted by Gasteiger charge is -2.44. The van der Waals surface area contributed by atoms with Gasteiger partial charge in [0.2, 0.25) is 0 Å². The fraction of sp³-hybridized carbons (Fsp3) is 0.696. The predicted molar refractivity (Wildman–Crippen MR) is 211 cm³/mol. The molecule has 0 amide bonds. The highest BCUT2D eigenvalue weighted by molar-refractivity contribution is 5.83. The van der Waals surface area contributed by atoms with Crippen molar-refractivity contribution in [1.82, 2.24) is 0 Å². The topological polar surface area (TPSA) is 18.5 Å². The van der Waals surface area contributed by atoms with Crippen LogP contribution in [0.25, 0.3) is 5.57 Å². The Morgan fingerprint density at radius 2 is 1.02 bits per heavy atom. The normalized spacial score (nSPS) is 26.4. The van der Waals surface area contributed by atoms with E-state index in [1.165, 1.54) is 155 Å². The summed E-state index contributed by atoms with van der Waals surface area (Å²) in [6.45, 7) is 14.6. The quantitative estimate of drug-likeness (QED) is 0.146. The van der Waals surface area contributed by atoms with Gasteiger partial charge in [-0.1, -0.05) is 43.7 Å². The van der Waals surface area contributed by atoms with Gasteiger partial charge in [0.15, 0.2) is 0 Å². The summed E-state index contributed by atoms with van der Waals surface area (Å²) in [6, 6.07) is 18.3. The standard InChI is InChI=1S/C46H72N2O2/c1-37-33-39-35-38(2)45(42(34-37)36-39)46(40-17-21-43(22-18-40)49-31-15-13-29-47(3)25-9-5-6-10-26-47)41-19-23-44(24-20-41)50-32-16-14-30-48(4)27-11-7-8-12-28-48/h17-24,37-39,42H,5-16,25-36H2,1-4H3/q+2. The summed E-state index contributed by atoms with van der Waals surface area (Å²) in [5, 5.41) is 0. The fourth-order valence-electron chi connectivity index (χ4n) is 10.5. The van der Waals surface area contributed by atoms with Crippen molar-refractivity contribution in [3.05, 3.63) is 65.2 Å². The number of fused-ring (bicyclic) bond motifs is 2. The minimum Gasteiger partial charge on any atom is -0.494 e. The lowest BCUT2D eigenvalue weighted by Crippen LogP contribution is -2.45. The third-order valence-corrected chi connectivity index (χ3v) is 13.3. The van der Waals surface area contributed by atoms with Crippen LogP contribution in [0.2, 0.25) is 0 Å². The van der Waals surface area contributed by atoms with Crippen molar-refractivity contribution in [2.45, 2.75) is 117 Å². The third-order valence-electron chi connectivity index (χ3n) is 13.3. The number of likely N-dealkylation sites (tertiary alicyclic amines) is 2. The Morgan fingerprint density at radius 3 is 1.48 bits per heavy atom. The van der Waals surface area contributed by atoms with Gasteiger partial charge in [0, 0.05) is 0 Å². The lowest BCUT2D eigenvalue weighted by molar-refractivity contribution is -0.909. The zero-order valence-electron chi connectivity index (χ0n) is 32.6. The second-order valence-corrected chi connectivity index (χ2v) is 17.9. The van der Waals surface area contributed by atoms with Crippen LogP contribution in [0.1, 0.15) is 128 Å². The highest BCUT2D eigenvalue weighted by Gasteiger charge is 2.38. The molecule has 4 atom stereocenters. The van der Waals surface area contributed by atoms with E-state index < -0.39 is 0 Å². The van der Waals surface area contributed by atoms with E-state index in [2.05, 4.69) is 76.5 Å². The van der Waals surface area contributed by atoms with E-state index in [1.807, 2.05) is 0 Å². The number of rotatable bonds is 14. The number of unbranched alkanes of at least 4 members (excludes halogenated alkanes) is 2. The SMILES string of the molecule is CC1CC2CC(C)C(=C(c3ccc(OCCCC[N+]4(C)CCCCCC4)cc3)c3ccc(OCCCC[N+]4(C)CCCCCC4)cc3)C(C1)C2. The molecular formula is C46H72N2O2+2. The van der Waals surface area contributed by atoms with Gasteiger partial charge >= 0.3 is 0 Å². The Bertz CT molecular complexity index is 1250. The zero-order valence-corrected chi connectivity index (χ0v) is 32.6. The molecule has 4 heteroatoms. The van der Waals surface area contributed by atoms with Crippen LogP contribution in [0, 0.1) is 23.7 Å². The van der Waals surface area contributed by atoms with Crippen LogP contribution in [-0.2, 0) is 0 Å². The second kappa shape index (κ2) is 18.0. The van der Waals surface area contributed by atoms with Gasteiger partial charge in [0.05, 0.1) is 66.6 Å². The number of nitrogens with zero attached hydrogens (tertiary/aromatic N) is 2. The molecule has 2 heterocycles. The number of benzene rings is 2. The van der Waals surface area contributed by atoms with Crippen molar-refractivity contribution < 1.29 is 18.4 Å². The van der Waals surface area contributed by atoms with Crippen LogP contribution in [0.3, 0.4) is 0 Å². The van der Waals surface area contributed by atoms with E-state index in [1.54, 1.807) is 5.57 Å². The smallest absolute Gasteiger partial charge is 0.119 e. The maximum Gasteiger partial charge on any atom is 0.119 e. The van der Waals surface area contributed by atoms with Crippen molar-refractivity contribution in [3.63, 3.8) is 0 Å². The molecule has 6 rings (SSSR count). The summed E-state index contributed by atoms with van der Waals surface area (Å²) in [5.41, 5.74) is 5.85. The maximum absolute atomic E-state index is 6.32. The first-order chi connectivity index (χ1) is 24.3. The van der Waals surface area contributed by atoms with E-state index in [9.17, 15) is 0 Å². The summed E-state index contributed by atoms with van der Waals surface area (Å²) in [7, 11) is 4.94. The van der Waals surface area contributed by atoms with Gasteiger partial charge in [0.25, 0.3) is 0 Å². The number of hydrogen-bond donors (Lipinski definition) is 0. The Labute approximate surface area is 306 Å². The van der Waals surface area contributed by atoms with Gasteiger partial charge in [-0.15, -0.1) is 0 Å². The monoisotopic (exact) mass is 685 g/mol. The summed E-state index contributed by atoms with van der Waals surface area (Å²) in [6.07, 6.45) is 21.5. The van der Waals surface area contributed by atoms with E-state index in [0.29, 0.717) is 11.8 Å². The van der Waals surface area contributed by atoms with Gasteiger partial charge < -0.3 is 18.4 Å². The molecule has 2 aliphatic heterocycles. The predicted octanol–water partition coefficient (Wildman–Crippen LogP) is 10.9. The highest BCUT2D eigenvalue weighted by Crippen LogP contribution is 2.51. The second-order valence-electron chi connectivity index (χ2n) is 17.9. The van der Waals surface area contributed by atoms with Crippen LogP contribution in [0.15, 0.2) is 54.1 Å². The largest absolute Gasteiger partial charge is 0.494 e. The molecule has 4 fully saturated rings. The number of quaternary nitrogens is 2. The highest BCUT2D eigenvalue weighted by atomic mass is 16.5. The Morgan fingerprint density at radius 1 is 0.560 bits per heavy atom. The van der Waals surface area contributed by atoms with Gasteiger partial charge in [-0.05, 0) is 167 Å². The van der Waals surface area contributed by atoms with Crippen LogP contribution in [0.4, 0.5) is 0 Å². The maximum atomic E-state index is 6.32. The van der Waals surface area contributed by atoms with Gasteiger partial charge in [0.1, 0.15) is 11.5 Å². The molecule has 2 bridgehead atoms. The van der Waals surface area contributed by atoms with Crippen LogP contribution < -0.4 is 9.47 Å².